The van der Waals surface area contributed by atoms with Crippen LogP contribution < -0.4 is 4.74 Å². The number of unbranched alkanes of at least 4 members (excludes halogenated alkanes) is 15. The van der Waals surface area contributed by atoms with Crippen LogP contribution in [0.25, 0.3) is 0 Å². The van der Waals surface area contributed by atoms with Crippen molar-refractivity contribution >= 4 is 0 Å². The van der Waals surface area contributed by atoms with Crippen molar-refractivity contribution in [3.63, 3.8) is 0 Å². The number of aliphatic hydroxyl groups excluding tert-OH is 1. The van der Waals surface area contributed by atoms with Crippen molar-refractivity contribution in [2.24, 2.45) is 0 Å². The average molecular weight is 421 g/mol. The van der Waals surface area contributed by atoms with Crippen LogP contribution in [-0.2, 0) is 4.74 Å². The Morgan fingerprint density at radius 3 is 1.60 bits per heavy atom. The first-order chi connectivity index (χ1) is 14.8. The van der Waals surface area contributed by atoms with Crippen LogP contribution in [0.5, 0.6) is 5.75 Å². The summed E-state index contributed by atoms with van der Waals surface area (Å²) in [4.78, 5) is 0. The normalized spacial score (nSPS) is 12.2. The van der Waals surface area contributed by atoms with Crippen LogP contribution in [-0.4, -0.2) is 31.0 Å². The Morgan fingerprint density at radius 1 is 0.633 bits per heavy atom. The van der Waals surface area contributed by atoms with E-state index in [1.54, 1.807) is 0 Å². The van der Waals surface area contributed by atoms with Crippen LogP contribution in [0.4, 0.5) is 0 Å². The van der Waals surface area contributed by atoms with Crippen molar-refractivity contribution in [3.8, 4) is 5.75 Å². The zero-order valence-corrected chi connectivity index (χ0v) is 19.7. The fourth-order valence-corrected chi connectivity index (χ4v) is 3.73. The Morgan fingerprint density at radius 2 is 1.10 bits per heavy atom. The highest BCUT2D eigenvalue weighted by Crippen LogP contribution is 2.14. The lowest BCUT2D eigenvalue weighted by Gasteiger charge is -2.12. The molecule has 0 aliphatic rings. The SMILES string of the molecule is CCCCCCCCCCCCCCCCCCOC[C@@H](O)COc1ccccc1. The summed E-state index contributed by atoms with van der Waals surface area (Å²) in [7, 11) is 0. The zero-order valence-electron chi connectivity index (χ0n) is 19.7. The van der Waals surface area contributed by atoms with E-state index in [1.807, 2.05) is 30.3 Å². The molecule has 0 unspecified atom stereocenters. The van der Waals surface area contributed by atoms with Crippen molar-refractivity contribution in [1.82, 2.24) is 0 Å². The molecule has 0 aliphatic carbocycles. The monoisotopic (exact) mass is 420 g/mol. The topological polar surface area (TPSA) is 38.7 Å². The van der Waals surface area contributed by atoms with E-state index in [2.05, 4.69) is 6.92 Å². The Bertz CT molecular complexity index is 449. The Balaban J connectivity index is 1.72. The van der Waals surface area contributed by atoms with E-state index in [1.165, 1.54) is 96.3 Å². The van der Waals surface area contributed by atoms with Gasteiger partial charge in [0.15, 0.2) is 0 Å². The molecule has 0 saturated heterocycles. The molecule has 0 saturated carbocycles. The van der Waals surface area contributed by atoms with Gasteiger partial charge in [0, 0.05) is 6.61 Å². The van der Waals surface area contributed by atoms with Gasteiger partial charge in [0.05, 0.1) is 6.61 Å². The van der Waals surface area contributed by atoms with Crippen molar-refractivity contribution in [2.75, 3.05) is 19.8 Å². The number of benzene rings is 1. The number of aliphatic hydroxyl groups is 1. The van der Waals surface area contributed by atoms with E-state index in [0.29, 0.717) is 6.61 Å². The van der Waals surface area contributed by atoms with Crippen molar-refractivity contribution in [1.29, 1.82) is 0 Å². The number of ether oxygens (including phenoxy) is 2. The molecule has 30 heavy (non-hydrogen) atoms. The summed E-state index contributed by atoms with van der Waals surface area (Å²) in [6, 6.07) is 9.59. The molecule has 0 aromatic heterocycles. The van der Waals surface area contributed by atoms with Gasteiger partial charge in [-0.15, -0.1) is 0 Å². The van der Waals surface area contributed by atoms with Crippen molar-refractivity contribution < 1.29 is 14.6 Å². The Labute approximate surface area is 186 Å². The molecule has 1 aromatic rings. The number of rotatable bonds is 22. The van der Waals surface area contributed by atoms with Crippen molar-refractivity contribution in [2.45, 2.75) is 116 Å². The van der Waals surface area contributed by atoms with Crippen LogP contribution >= 0.6 is 0 Å². The van der Waals surface area contributed by atoms with E-state index in [0.717, 1.165) is 18.8 Å². The minimum Gasteiger partial charge on any atom is -0.491 e. The average Bonchev–Trinajstić information content (AvgIpc) is 2.77. The molecule has 0 spiro atoms. The quantitative estimate of drug-likeness (QED) is 0.195. The van der Waals surface area contributed by atoms with Crippen LogP contribution in [0.15, 0.2) is 30.3 Å². The molecule has 3 heteroatoms. The van der Waals surface area contributed by atoms with E-state index >= 15 is 0 Å². The second kappa shape index (κ2) is 21.2. The van der Waals surface area contributed by atoms with Crippen LogP contribution in [0.1, 0.15) is 110 Å². The number of hydrogen-bond acceptors (Lipinski definition) is 3. The van der Waals surface area contributed by atoms with E-state index in [9.17, 15) is 5.11 Å². The minimum atomic E-state index is -0.564. The Kier molecular flexibility index (Phi) is 19.0. The van der Waals surface area contributed by atoms with Crippen LogP contribution in [0.2, 0.25) is 0 Å². The summed E-state index contributed by atoms with van der Waals surface area (Å²) in [6.07, 6.45) is 21.5. The minimum absolute atomic E-state index is 0.281. The molecule has 0 amide bonds. The van der Waals surface area contributed by atoms with Gasteiger partial charge in [0.25, 0.3) is 0 Å². The van der Waals surface area contributed by atoms with Crippen molar-refractivity contribution in [3.05, 3.63) is 30.3 Å². The summed E-state index contributed by atoms with van der Waals surface area (Å²) in [5.74, 6) is 0.786. The molecule has 1 atom stereocenters. The van der Waals surface area contributed by atoms with Gasteiger partial charge in [-0.1, -0.05) is 121 Å². The maximum Gasteiger partial charge on any atom is 0.119 e. The number of para-hydroxylation sites is 1. The first kappa shape index (κ1) is 27.0. The van der Waals surface area contributed by atoms with Gasteiger partial charge < -0.3 is 14.6 Å². The number of hydrogen-bond donors (Lipinski definition) is 1. The third kappa shape index (κ3) is 17.8. The van der Waals surface area contributed by atoms with Gasteiger partial charge in [-0.2, -0.15) is 0 Å². The van der Waals surface area contributed by atoms with E-state index < -0.39 is 6.10 Å². The zero-order chi connectivity index (χ0) is 21.5. The molecular weight excluding hydrogens is 372 g/mol. The molecule has 0 aliphatic heterocycles. The highest BCUT2D eigenvalue weighted by molar-refractivity contribution is 5.20. The fourth-order valence-electron chi connectivity index (χ4n) is 3.73. The maximum atomic E-state index is 9.90. The summed E-state index contributed by atoms with van der Waals surface area (Å²) >= 11 is 0. The highest BCUT2D eigenvalue weighted by Gasteiger charge is 2.05. The third-order valence-electron chi connectivity index (χ3n) is 5.64. The molecule has 3 nitrogen and oxygen atoms in total. The molecular formula is C27H48O3. The molecule has 174 valence electrons. The van der Waals surface area contributed by atoms with Gasteiger partial charge in [-0.05, 0) is 18.6 Å². The highest BCUT2D eigenvalue weighted by atomic mass is 16.5. The fraction of sp³-hybridized carbons (Fsp3) is 0.778. The van der Waals surface area contributed by atoms with E-state index in [-0.39, 0.29) is 6.61 Å². The lowest BCUT2D eigenvalue weighted by Crippen LogP contribution is -2.23. The van der Waals surface area contributed by atoms with Crippen LogP contribution in [0.3, 0.4) is 0 Å². The van der Waals surface area contributed by atoms with Crippen LogP contribution in [0, 0.1) is 0 Å². The molecule has 0 fully saturated rings. The molecule has 1 rings (SSSR count). The summed E-state index contributed by atoms with van der Waals surface area (Å²) in [5, 5.41) is 9.90. The lowest BCUT2D eigenvalue weighted by atomic mass is 10.0. The molecule has 1 N–H and O–H groups in total. The maximum absolute atomic E-state index is 9.90. The smallest absolute Gasteiger partial charge is 0.119 e. The van der Waals surface area contributed by atoms with Gasteiger partial charge >= 0.3 is 0 Å². The molecule has 0 radical (unpaired) electrons. The summed E-state index contributed by atoms with van der Waals surface area (Å²) < 4.78 is 11.1. The lowest BCUT2D eigenvalue weighted by molar-refractivity contribution is 0.0110. The van der Waals surface area contributed by atoms with Gasteiger partial charge in [-0.3, -0.25) is 0 Å². The van der Waals surface area contributed by atoms with Gasteiger partial charge in [0.1, 0.15) is 18.5 Å². The third-order valence-corrected chi connectivity index (χ3v) is 5.64. The standard InChI is InChI=1S/C27H48O3/c1-2-3-4-5-6-7-8-9-10-11-12-13-14-15-16-20-23-29-24-26(28)25-30-27-21-18-17-19-22-27/h17-19,21-22,26,28H,2-16,20,23-25H2,1H3/t26-/m1/s1. The summed E-state index contributed by atoms with van der Waals surface area (Å²) in [5.41, 5.74) is 0. The van der Waals surface area contributed by atoms with E-state index in [4.69, 9.17) is 9.47 Å². The first-order valence-electron chi connectivity index (χ1n) is 12.8. The van der Waals surface area contributed by atoms with Gasteiger partial charge in [-0.25, -0.2) is 0 Å². The molecule has 1 aromatic carbocycles. The summed E-state index contributed by atoms with van der Waals surface area (Å²) in [6.45, 7) is 3.65. The molecule has 0 bridgehead atoms. The Hall–Kier alpha value is -1.06. The second-order valence-electron chi connectivity index (χ2n) is 8.66. The predicted molar refractivity (Wildman–Crippen MR) is 128 cm³/mol. The molecule has 0 heterocycles. The first-order valence-corrected chi connectivity index (χ1v) is 12.8. The second-order valence-corrected chi connectivity index (χ2v) is 8.66. The van der Waals surface area contributed by atoms with Gasteiger partial charge in [0.2, 0.25) is 0 Å². The largest absolute Gasteiger partial charge is 0.491 e. The predicted octanol–water partition coefficient (Wildman–Crippen LogP) is 7.70.